The first-order chi connectivity index (χ1) is 18.2. The summed E-state index contributed by atoms with van der Waals surface area (Å²) >= 11 is 0. The summed E-state index contributed by atoms with van der Waals surface area (Å²) in [4.78, 5) is 49.4. The standard InChI is InChI=1S/C26H32N2O8S2/c1-17(21(23(29)33-3)27-25(31)35-15-19-11-7-5-8-12-19)37-38-18(2)22(24(30)34-4)28-26(32)36-16-20-13-9-6-10-14-20/h5-14,17-18,21-22H,15-16H2,1-4H3,(H,27,31)(H,28,32)/t17-,18-,21-,22-/m0/s1. The quantitative estimate of drug-likeness (QED) is 0.209. The highest BCUT2D eigenvalue weighted by atomic mass is 33.1. The van der Waals surface area contributed by atoms with Gasteiger partial charge < -0.3 is 29.6 Å². The van der Waals surface area contributed by atoms with Gasteiger partial charge in [-0.1, -0.05) is 82.3 Å². The van der Waals surface area contributed by atoms with E-state index in [0.717, 1.165) is 11.1 Å². The van der Waals surface area contributed by atoms with E-state index in [1.807, 2.05) is 60.7 Å². The minimum Gasteiger partial charge on any atom is -0.467 e. The smallest absolute Gasteiger partial charge is 0.408 e. The number of hydrogen-bond acceptors (Lipinski definition) is 10. The first kappa shape index (κ1) is 30.8. The predicted octanol–water partition coefficient (Wildman–Crippen LogP) is 4.08. The Kier molecular flexibility index (Phi) is 13.4. The number of carbonyl (C=O) groups is 4. The summed E-state index contributed by atoms with van der Waals surface area (Å²) in [6.45, 7) is 3.53. The average Bonchev–Trinajstić information content (AvgIpc) is 2.95. The van der Waals surface area contributed by atoms with Crippen molar-refractivity contribution in [2.75, 3.05) is 14.2 Å². The fraction of sp³-hybridized carbons (Fsp3) is 0.385. The number of methoxy groups -OCH3 is 2. The number of carbonyl (C=O) groups excluding carboxylic acids is 4. The number of nitrogens with one attached hydrogen (secondary N) is 2. The summed E-state index contributed by atoms with van der Waals surface area (Å²) in [5.41, 5.74) is 1.60. The number of amides is 2. The van der Waals surface area contributed by atoms with Gasteiger partial charge in [-0.25, -0.2) is 19.2 Å². The minimum absolute atomic E-state index is 0.0424. The topological polar surface area (TPSA) is 129 Å². The summed E-state index contributed by atoms with van der Waals surface area (Å²) in [6, 6.07) is 16.2. The SMILES string of the molecule is COC(=O)[C@@H](NC(=O)OCc1ccccc1)[C@H](C)SS[C@@H](C)[C@H](NC(=O)OCc1ccccc1)C(=O)OC. The van der Waals surface area contributed by atoms with E-state index in [1.165, 1.54) is 35.8 Å². The van der Waals surface area contributed by atoms with E-state index in [9.17, 15) is 19.2 Å². The lowest BCUT2D eigenvalue weighted by Crippen LogP contribution is -2.48. The van der Waals surface area contributed by atoms with Gasteiger partial charge in [0.15, 0.2) is 0 Å². The van der Waals surface area contributed by atoms with Crippen LogP contribution in [0.15, 0.2) is 60.7 Å². The van der Waals surface area contributed by atoms with Crippen LogP contribution in [-0.4, -0.2) is 60.9 Å². The molecule has 0 unspecified atom stereocenters. The van der Waals surface area contributed by atoms with Gasteiger partial charge in [-0.15, -0.1) is 0 Å². The Morgan fingerprint density at radius 3 is 1.32 bits per heavy atom. The number of rotatable bonds is 13. The van der Waals surface area contributed by atoms with Crippen molar-refractivity contribution in [2.24, 2.45) is 0 Å². The summed E-state index contributed by atoms with van der Waals surface area (Å²) in [7, 11) is 4.90. The number of hydrogen-bond donors (Lipinski definition) is 2. The van der Waals surface area contributed by atoms with Gasteiger partial charge in [0.25, 0.3) is 0 Å². The van der Waals surface area contributed by atoms with Gasteiger partial charge in [-0.2, -0.15) is 0 Å². The maximum absolute atomic E-state index is 12.4. The zero-order valence-electron chi connectivity index (χ0n) is 21.6. The molecule has 0 fully saturated rings. The van der Waals surface area contributed by atoms with E-state index < -0.39 is 46.7 Å². The second-order valence-corrected chi connectivity index (χ2v) is 11.0. The van der Waals surface area contributed by atoms with Gasteiger partial charge in [0.2, 0.25) is 0 Å². The Bertz CT molecular complexity index is 959. The Balaban J connectivity index is 1.92. The maximum atomic E-state index is 12.4. The molecule has 0 bridgehead atoms. The third-order valence-electron chi connectivity index (χ3n) is 5.18. The molecule has 0 aliphatic carbocycles. The van der Waals surface area contributed by atoms with Crippen LogP contribution in [0.25, 0.3) is 0 Å². The van der Waals surface area contributed by atoms with Gasteiger partial charge in [0.05, 0.1) is 14.2 Å². The van der Waals surface area contributed by atoms with Crippen LogP contribution in [0, 0.1) is 0 Å². The van der Waals surface area contributed by atoms with Crippen LogP contribution in [0.2, 0.25) is 0 Å². The molecular formula is C26H32N2O8S2. The predicted molar refractivity (Wildman–Crippen MR) is 145 cm³/mol. The molecule has 0 saturated carbocycles. The Labute approximate surface area is 229 Å². The fourth-order valence-corrected chi connectivity index (χ4v) is 5.71. The molecule has 38 heavy (non-hydrogen) atoms. The molecule has 12 heteroatoms. The Morgan fingerprint density at radius 2 is 1.00 bits per heavy atom. The Morgan fingerprint density at radius 1 is 0.658 bits per heavy atom. The van der Waals surface area contributed by atoms with Gasteiger partial charge in [-0.3, -0.25) is 0 Å². The summed E-state index contributed by atoms with van der Waals surface area (Å²) in [6.07, 6.45) is -1.55. The van der Waals surface area contributed by atoms with E-state index in [0.29, 0.717) is 0 Å². The average molecular weight is 565 g/mol. The van der Waals surface area contributed by atoms with Gasteiger partial charge in [0.1, 0.15) is 25.3 Å². The molecule has 0 saturated heterocycles. The summed E-state index contributed by atoms with van der Waals surface area (Å²) in [5.74, 6) is -1.30. The normalized spacial score (nSPS) is 13.7. The second kappa shape index (κ2) is 16.5. The molecule has 0 spiro atoms. The molecule has 2 rings (SSSR count). The van der Waals surface area contributed by atoms with Crippen LogP contribution in [0.1, 0.15) is 25.0 Å². The van der Waals surface area contributed by atoms with Crippen molar-refractivity contribution in [3.05, 3.63) is 71.8 Å². The molecule has 206 valence electrons. The lowest BCUT2D eigenvalue weighted by atomic mass is 10.2. The van der Waals surface area contributed by atoms with Crippen molar-refractivity contribution in [1.82, 2.24) is 10.6 Å². The van der Waals surface area contributed by atoms with Crippen LogP contribution in [0.5, 0.6) is 0 Å². The van der Waals surface area contributed by atoms with E-state index >= 15 is 0 Å². The molecule has 4 atom stereocenters. The minimum atomic E-state index is -1.02. The molecule has 0 aliphatic heterocycles. The zero-order valence-corrected chi connectivity index (χ0v) is 23.2. The van der Waals surface area contributed by atoms with E-state index in [2.05, 4.69) is 10.6 Å². The van der Waals surface area contributed by atoms with Crippen molar-refractivity contribution in [2.45, 2.75) is 49.6 Å². The van der Waals surface area contributed by atoms with Gasteiger partial charge in [0, 0.05) is 10.5 Å². The molecular weight excluding hydrogens is 532 g/mol. The molecule has 2 aromatic carbocycles. The van der Waals surface area contributed by atoms with Crippen LogP contribution in [0.3, 0.4) is 0 Å². The first-order valence-corrected chi connectivity index (χ1v) is 13.9. The first-order valence-electron chi connectivity index (χ1n) is 11.7. The lowest BCUT2D eigenvalue weighted by molar-refractivity contribution is -0.143. The van der Waals surface area contributed by atoms with Crippen LogP contribution >= 0.6 is 21.6 Å². The number of alkyl carbamates (subject to hydrolysis) is 2. The highest BCUT2D eigenvalue weighted by Crippen LogP contribution is 2.34. The molecule has 0 heterocycles. The highest BCUT2D eigenvalue weighted by molar-refractivity contribution is 8.77. The van der Waals surface area contributed by atoms with Crippen LogP contribution < -0.4 is 10.6 Å². The van der Waals surface area contributed by atoms with E-state index in [4.69, 9.17) is 18.9 Å². The van der Waals surface area contributed by atoms with Crippen LogP contribution in [-0.2, 0) is 41.8 Å². The summed E-state index contributed by atoms with van der Waals surface area (Å²) < 4.78 is 20.1. The molecule has 10 nitrogen and oxygen atoms in total. The Hall–Kier alpha value is -3.38. The van der Waals surface area contributed by atoms with E-state index in [-0.39, 0.29) is 13.2 Å². The maximum Gasteiger partial charge on any atom is 0.408 e. The summed E-state index contributed by atoms with van der Waals surface area (Å²) in [5, 5.41) is 4.11. The molecule has 2 amide bonds. The van der Waals surface area contributed by atoms with Gasteiger partial charge >= 0.3 is 24.1 Å². The van der Waals surface area contributed by atoms with Gasteiger partial charge in [-0.05, 0) is 25.0 Å². The van der Waals surface area contributed by atoms with Crippen molar-refractivity contribution < 1.29 is 38.1 Å². The van der Waals surface area contributed by atoms with Crippen molar-refractivity contribution in [3.8, 4) is 0 Å². The third-order valence-corrected chi connectivity index (χ3v) is 8.60. The largest absolute Gasteiger partial charge is 0.467 e. The highest BCUT2D eigenvalue weighted by Gasteiger charge is 2.33. The molecule has 2 aromatic rings. The van der Waals surface area contributed by atoms with Crippen molar-refractivity contribution in [3.63, 3.8) is 0 Å². The van der Waals surface area contributed by atoms with Crippen molar-refractivity contribution >= 4 is 45.7 Å². The monoisotopic (exact) mass is 564 g/mol. The second-order valence-electron chi connectivity index (χ2n) is 8.02. The number of esters is 2. The number of ether oxygens (including phenoxy) is 4. The van der Waals surface area contributed by atoms with Crippen LogP contribution in [0.4, 0.5) is 9.59 Å². The number of benzene rings is 2. The molecule has 2 N–H and O–H groups in total. The third kappa shape index (κ3) is 10.5. The zero-order chi connectivity index (χ0) is 27.9. The fourth-order valence-electron chi connectivity index (χ4n) is 3.06. The molecule has 0 aromatic heterocycles. The lowest BCUT2D eigenvalue weighted by Gasteiger charge is -2.25. The van der Waals surface area contributed by atoms with E-state index in [1.54, 1.807) is 13.8 Å². The molecule has 0 aliphatic rings. The van der Waals surface area contributed by atoms with Crippen molar-refractivity contribution in [1.29, 1.82) is 0 Å². The molecule has 0 radical (unpaired) electrons.